The van der Waals surface area contributed by atoms with Crippen LogP contribution < -0.4 is 10.2 Å². The number of amides is 2. The molecule has 0 radical (unpaired) electrons. The summed E-state index contributed by atoms with van der Waals surface area (Å²) in [7, 11) is 0. The molecule has 3 aromatic rings. The van der Waals surface area contributed by atoms with Crippen LogP contribution in [-0.2, 0) is 11.2 Å². The number of anilines is 1. The normalized spacial score (nSPS) is 16.3. The minimum atomic E-state index is -0.371. The standard InChI is InChI=1S/C28H31ClFN5O2S/c1-19(8-9-21-6-4-3-5-7-21)31-26(36)18-38-28-32-24(29)16-25(33-28)34-14-15-35(20(2)17-34)27(37)22-10-12-23(30)13-11-22/h3-7,10-13,16,19-20H,8-9,14-15,17-18H2,1-2H3,(H,31,36). The molecule has 10 heteroatoms. The van der Waals surface area contributed by atoms with Gasteiger partial charge in [-0.2, -0.15) is 0 Å². The van der Waals surface area contributed by atoms with E-state index in [0.717, 1.165) is 12.8 Å². The smallest absolute Gasteiger partial charge is 0.254 e. The number of piperazine rings is 1. The summed E-state index contributed by atoms with van der Waals surface area (Å²) in [5.41, 5.74) is 1.71. The fourth-order valence-electron chi connectivity index (χ4n) is 4.38. The summed E-state index contributed by atoms with van der Waals surface area (Å²) in [6, 6.07) is 17.5. The molecule has 2 amide bonds. The van der Waals surface area contributed by atoms with Crippen LogP contribution in [0.15, 0.2) is 65.8 Å². The van der Waals surface area contributed by atoms with Crippen LogP contribution in [0.5, 0.6) is 0 Å². The van der Waals surface area contributed by atoms with Crippen LogP contribution in [0.4, 0.5) is 10.2 Å². The lowest BCUT2D eigenvalue weighted by atomic mass is 10.1. The summed E-state index contributed by atoms with van der Waals surface area (Å²) in [5.74, 6) is 0.264. The van der Waals surface area contributed by atoms with Crippen LogP contribution in [0, 0.1) is 5.82 Å². The third-order valence-corrected chi connectivity index (χ3v) is 7.45. The quantitative estimate of drug-likeness (QED) is 0.231. The van der Waals surface area contributed by atoms with Crippen LogP contribution in [0.2, 0.25) is 5.15 Å². The number of nitrogens with one attached hydrogen (secondary N) is 1. The van der Waals surface area contributed by atoms with Gasteiger partial charge in [-0.15, -0.1) is 0 Å². The van der Waals surface area contributed by atoms with Crippen LogP contribution in [0.1, 0.15) is 36.2 Å². The molecule has 1 aromatic heterocycles. The molecule has 2 atom stereocenters. The fraction of sp³-hybridized carbons (Fsp3) is 0.357. The van der Waals surface area contributed by atoms with E-state index in [1.165, 1.54) is 41.6 Å². The maximum absolute atomic E-state index is 13.2. The van der Waals surface area contributed by atoms with E-state index in [1.807, 2.05) is 32.0 Å². The monoisotopic (exact) mass is 555 g/mol. The first-order valence-electron chi connectivity index (χ1n) is 12.6. The van der Waals surface area contributed by atoms with Crippen LogP contribution >= 0.6 is 23.4 Å². The number of thioether (sulfide) groups is 1. The summed E-state index contributed by atoms with van der Waals surface area (Å²) >= 11 is 7.53. The number of aromatic nitrogens is 2. The van der Waals surface area contributed by atoms with E-state index in [1.54, 1.807) is 11.0 Å². The molecule has 4 rings (SSSR count). The van der Waals surface area contributed by atoms with Gasteiger partial charge < -0.3 is 15.1 Å². The molecule has 1 N–H and O–H groups in total. The Bertz CT molecular complexity index is 1250. The number of carbonyl (C=O) groups is 2. The lowest BCUT2D eigenvalue weighted by Gasteiger charge is -2.40. The first-order chi connectivity index (χ1) is 18.3. The van der Waals surface area contributed by atoms with E-state index in [2.05, 4.69) is 32.3 Å². The SMILES string of the molecule is CC(CCc1ccccc1)NC(=O)CSc1nc(Cl)cc(N2CCN(C(=O)c3ccc(F)cc3)C(C)C2)n1. The van der Waals surface area contributed by atoms with Gasteiger partial charge in [0.2, 0.25) is 5.91 Å². The lowest BCUT2D eigenvalue weighted by molar-refractivity contribution is -0.119. The molecule has 200 valence electrons. The molecule has 1 fully saturated rings. The summed E-state index contributed by atoms with van der Waals surface area (Å²) in [6.07, 6.45) is 1.75. The number of nitrogens with zero attached hydrogens (tertiary/aromatic N) is 4. The average Bonchev–Trinajstić information content (AvgIpc) is 2.91. The molecule has 7 nitrogen and oxygen atoms in total. The number of carbonyl (C=O) groups excluding carboxylic acids is 2. The minimum absolute atomic E-state index is 0.0505. The molecular weight excluding hydrogens is 525 g/mol. The van der Waals surface area contributed by atoms with Gasteiger partial charge >= 0.3 is 0 Å². The second kappa shape index (κ2) is 13.1. The topological polar surface area (TPSA) is 78.4 Å². The highest BCUT2D eigenvalue weighted by Crippen LogP contribution is 2.25. The molecule has 0 saturated carbocycles. The van der Waals surface area contributed by atoms with Crippen molar-refractivity contribution in [3.05, 3.63) is 82.8 Å². The van der Waals surface area contributed by atoms with Crippen molar-refractivity contribution in [3.8, 4) is 0 Å². The van der Waals surface area contributed by atoms with Gasteiger partial charge in [0.1, 0.15) is 16.8 Å². The predicted molar refractivity (Wildman–Crippen MR) is 149 cm³/mol. The zero-order valence-corrected chi connectivity index (χ0v) is 23.0. The zero-order chi connectivity index (χ0) is 27.1. The Morgan fingerprint density at radius 2 is 1.87 bits per heavy atom. The van der Waals surface area contributed by atoms with E-state index >= 15 is 0 Å². The first kappa shape index (κ1) is 27.9. The summed E-state index contributed by atoms with van der Waals surface area (Å²) in [6.45, 7) is 5.58. The molecule has 38 heavy (non-hydrogen) atoms. The molecule has 0 spiro atoms. The van der Waals surface area contributed by atoms with E-state index in [9.17, 15) is 14.0 Å². The van der Waals surface area contributed by atoms with Crippen molar-refractivity contribution in [3.63, 3.8) is 0 Å². The van der Waals surface area contributed by atoms with Crippen molar-refractivity contribution in [2.45, 2.75) is 43.9 Å². The Balaban J connectivity index is 1.29. The molecule has 0 bridgehead atoms. The maximum Gasteiger partial charge on any atom is 0.254 e. The number of hydrogen-bond donors (Lipinski definition) is 1. The predicted octanol–water partition coefficient (Wildman–Crippen LogP) is 4.85. The summed E-state index contributed by atoms with van der Waals surface area (Å²) in [5, 5.41) is 3.76. The highest BCUT2D eigenvalue weighted by molar-refractivity contribution is 7.99. The Kier molecular flexibility index (Phi) is 9.58. The zero-order valence-electron chi connectivity index (χ0n) is 21.4. The van der Waals surface area contributed by atoms with Gasteiger partial charge in [-0.25, -0.2) is 14.4 Å². The lowest BCUT2D eigenvalue weighted by Crippen LogP contribution is -2.54. The second-order valence-electron chi connectivity index (χ2n) is 9.41. The second-order valence-corrected chi connectivity index (χ2v) is 10.7. The van der Waals surface area contributed by atoms with Gasteiger partial charge in [0.05, 0.1) is 5.75 Å². The number of hydrogen-bond acceptors (Lipinski definition) is 6. The third kappa shape index (κ3) is 7.68. The van der Waals surface area contributed by atoms with Crippen molar-refractivity contribution >= 4 is 41.0 Å². The molecular formula is C28H31ClFN5O2S. The fourth-order valence-corrected chi connectivity index (χ4v) is 5.28. The van der Waals surface area contributed by atoms with Crippen molar-refractivity contribution in [2.24, 2.45) is 0 Å². The minimum Gasteiger partial charge on any atom is -0.353 e. The Morgan fingerprint density at radius 3 is 2.58 bits per heavy atom. The van der Waals surface area contributed by atoms with Gasteiger partial charge in [-0.1, -0.05) is 53.7 Å². The van der Waals surface area contributed by atoms with Crippen LogP contribution in [0.25, 0.3) is 0 Å². The number of aryl methyl sites for hydroxylation is 1. The van der Waals surface area contributed by atoms with Crippen molar-refractivity contribution in [2.75, 3.05) is 30.3 Å². The molecule has 2 unspecified atom stereocenters. The molecule has 2 aromatic carbocycles. The van der Waals surface area contributed by atoms with Crippen LogP contribution in [-0.4, -0.2) is 64.2 Å². The molecule has 1 aliphatic heterocycles. The average molecular weight is 556 g/mol. The van der Waals surface area contributed by atoms with E-state index in [0.29, 0.717) is 41.3 Å². The van der Waals surface area contributed by atoms with Gasteiger partial charge in [0.25, 0.3) is 5.91 Å². The van der Waals surface area contributed by atoms with E-state index in [4.69, 9.17) is 11.6 Å². The number of benzene rings is 2. The summed E-state index contributed by atoms with van der Waals surface area (Å²) in [4.78, 5) is 38.2. The molecule has 0 aliphatic carbocycles. The number of halogens is 2. The van der Waals surface area contributed by atoms with Crippen molar-refractivity contribution in [1.29, 1.82) is 0 Å². The van der Waals surface area contributed by atoms with Crippen molar-refractivity contribution in [1.82, 2.24) is 20.2 Å². The number of rotatable bonds is 9. The van der Waals surface area contributed by atoms with Gasteiger partial charge in [0, 0.05) is 43.3 Å². The van der Waals surface area contributed by atoms with E-state index < -0.39 is 0 Å². The highest BCUT2D eigenvalue weighted by atomic mass is 35.5. The Morgan fingerprint density at radius 1 is 1.13 bits per heavy atom. The van der Waals surface area contributed by atoms with Crippen molar-refractivity contribution < 1.29 is 14.0 Å². The largest absolute Gasteiger partial charge is 0.353 e. The molecule has 1 saturated heterocycles. The first-order valence-corrected chi connectivity index (χ1v) is 14.0. The van der Waals surface area contributed by atoms with Gasteiger partial charge in [-0.05, 0) is 56.5 Å². The Labute approximate surface area is 231 Å². The summed E-state index contributed by atoms with van der Waals surface area (Å²) < 4.78 is 13.2. The third-order valence-electron chi connectivity index (χ3n) is 6.41. The van der Waals surface area contributed by atoms with Crippen LogP contribution in [0.3, 0.4) is 0 Å². The highest BCUT2D eigenvalue weighted by Gasteiger charge is 2.29. The molecule has 2 heterocycles. The van der Waals surface area contributed by atoms with Gasteiger partial charge in [0.15, 0.2) is 5.16 Å². The van der Waals surface area contributed by atoms with Gasteiger partial charge in [-0.3, -0.25) is 9.59 Å². The maximum atomic E-state index is 13.2. The molecule has 1 aliphatic rings. The van der Waals surface area contributed by atoms with E-state index in [-0.39, 0.29) is 35.5 Å². The Hall–Kier alpha value is -3.17.